The molecule has 1 unspecified atom stereocenters. The molecule has 1 atom stereocenters. The maximum Gasteiger partial charge on any atom is 0.305 e. The Labute approximate surface area is 130 Å². The molecule has 0 saturated carbocycles. The lowest BCUT2D eigenvalue weighted by Gasteiger charge is -2.23. The molecule has 3 heteroatoms. The summed E-state index contributed by atoms with van der Waals surface area (Å²) in [5.74, 6) is 0.141. The van der Waals surface area contributed by atoms with Crippen LogP contribution in [-0.4, -0.2) is 26.2 Å². The van der Waals surface area contributed by atoms with E-state index in [1.54, 1.807) is 0 Å². The fraction of sp³-hybridized carbons (Fsp3) is 0.611. The Morgan fingerprint density at radius 1 is 1.29 bits per heavy atom. The second kappa shape index (κ2) is 9.56. The van der Waals surface area contributed by atoms with Gasteiger partial charge in [0.15, 0.2) is 0 Å². The Bertz CT molecular complexity index is 401. The van der Waals surface area contributed by atoms with Crippen LogP contribution >= 0.6 is 0 Å². The van der Waals surface area contributed by atoms with E-state index in [1.165, 1.54) is 5.56 Å². The van der Waals surface area contributed by atoms with Gasteiger partial charge in [-0.2, -0.15) is 0 Å². The SMILES string of the molecule is C.CNCC(C)(C)CCC(=O)OCC(C)c1ccccc1. The summed E-state index contributed by atoms with van der Waals surface area (Å²) in [6.45, 7) is 7.75. The van der Waals surface area contributed by atoms with Crippen LogP contribution in [0.15, 0.2) is 30.3 Å². The van der Waals surface area contributed by atoms with Gasteiger partial charge in [-0.3, -0.25) is 4.79 Å². The van der Waals surface area contributed by atoms with E-state index in [4.69, 9.17) is 4.74 Å². The van der Waals surface area contributed by atoms with Gasteiger partial charge in [0, 0.05) is 12.3 Å². The van der Waals surface area contributed by atoms with Gasteiger partial charge in [0.1, 0.15) is 0 Å². The van der Waals surface area contributed by atoms with E-state index >= 15 is 0 Å². The summed E-state index contributed by atoms with van der Waals surface area (Å²) in [5.41, 5.74) is 1.33. The molecule has 1 rings (SSSR count). The lowest BCUT2D eigenvalue weighted by molar-refractivity contribution is -0.144. The van der Waals surface area contributed by atoms with Gasteiger partial charge < -0.3 is 10.1 Å². The molecule has 0 amide bonds. The van der Waals surface area contributed by atoms with Gasteiger partial charge in [-0.1, -0.05) is 58.5 Å². The van der Waals surface area contributed by atoms with Crippen molar-refractivity contribution in [3.05, 3.63) is 35.9 Å². The summed E-state index contributed by atoms with van der Waals surface area (Å²) < 4.78 is 5.37. The van der Waals surface area contributed by atoms with Crippen molar-refractivity contribution in [3.8, 4) is 0 Å². The standard InChI is InChI=1S/C17H27NO2.CH4/c1-14(15-8-6-5-7-9-15)12-20-16(19)10-11-17(2,3)13-18-4;/h5-9,14,18H,10-13H2,1-4H3;1H4. The Hall–Kier alpha value is -1.35. The molecular weight excluding hydrogens is 262 g/mol. The molecule has 0 aromatic heterocycles. The summed E-state index contributed by atoms with van der Waals surface area (Å²) in [6.07, 6.45) is 1.32. The molecule has 1 N–H and O–H groups in total. The topological polar surface area (TPSA) is 38.3 Å². The molecule has 120 valence electrons. The van der Waals surface area contributed by atoms with Gasteiger partial charge in [-0.15, -0.1) is 0 Å². The van der Waals surface area contributed by atoms with Crippen molar-refractivity contribution in [2.45, 2.75) is 47.0 Å². The van der Waals surface area contributed by atoms with Gasteiger partial charge in [0.2, 0.25) is 0 Å². The fourth-order valence-electron chi connectivity index (χ4n) is 2.18. The summed E-state index contributed by atoms with van der Waals surface area (Å²) >= 11 is 0. The van der Waals surface area contributed by atoms with Crippen LogP contribution in [0.2, 0.25) is 0 Å². The van der Waals surface area contributed by atoms with Crippen molar-refractivity contribution < 1.29 is 9.53 Å². The highest BCUT2D eigenvalue weighted by molar-refractivity contribution is 5.69. The molecule has 0 bridgehead atoms. The minimum atomic E-state index is -0.100. The number of nitrogens with one attached hydrogen (secondary N) is 1. The first-order valence-corrected chi connectivity index (χ1v) is 7.30. The van der Waals surface area contributed by atoms with Crippen LogP contribution in [0.25, 0.3) is 0 Å². The number of hydrogen-bond donors (Lipinski definition) is 1. The minimum absolute atomic E-state index is 0. The normalized spacial score (nSPS) is 12.4. The highest BCUT2D eigenvalue weighted by Gasteiger charge is 2.19. The molecule has 0 spiro atoms. The maximum absolute atomic E-state index is 11.8. The maximum atomic E-state index is 11.8. The van der Waals surface area contributed by atoms with Crippen LogP contribution in [0.4, 0.5) is 0 Å². The summed E-state index contributed by atoms with van der Waals surface area (Å²) in [4.78, 5) is 11.8. The molecule has 0 aliphatic heterocycles. The smallest absolute Gasteiger partial charge is 0.305 e. The minimum Gasteiger partial charge on any atom is -0.465 e. The van der Waals surface area contributed by atoms with Crippen LogP contribution in [0.1, 0.15) is 52.5 Å². The van der Waals surface area contributed by atoms with Crippen molar-refractivity contribution in [3.63, 3.8) is 0 Å². The number of carbonyl (C=O) groups is 1. The zero-order valence-corrected chi connectivity index (χ0v) is 13.1. The lowest BCUT2D eigenvalue weighted by atomic mass is 9.88. The van der Waals surface area contributed by atoms with Gasteiger partial charge in [0.05, 0.1) is 6.61 Å². The molecular formula is C18H31NO2. The highest BCUT2D eigenvalue weighted by atomic mass is 16.5. The second-order valence-corrected chi connectivity index (χ2v) is 6.19. The molecule has 0 radical (unpaired) electrons. The third kappa shape index (κ3) is 7.86. The molecule has 0 aliphatic carbocycles. The molecule has 3 nitrogen and oxygen atoms in total. The number of carbonyl (C=O) groups excluding carboxylic acids is 1. The van der Waals surface area contributed by atoms with Gasteiger partial charge in [-0.25, -0.2) is 0 Å². The van der Waals surface area contributed by atoms with E-state index in [0.717, 1.165) is 13.0 Å². The van der Waals surface area contributed by atoms with Gasteiger partial charge >= 0.3 is 5.97 Å². The Morgan fingerprint density at radius 3 is 2.48 bits per heavy atom. The molecule has 0 aliphatic rings. The second-order valence-electron chi connectivity index (χ2n) is 6.19. The zero-order valence-electron chi connectivity index (χ0n) is 13.1. The molecule has 1 aromatic carbocycles. The van der Waals surface area contributed by atoms with Crippen LogP contribution in [0.5, 0.6) is 0 Å². The van der Waals surface area contributed by atoms with Crippen LogP contribution in [0, 0.1) is 5.41 Å². The van der Waals surface area contributed by atoms with Crippen molar-refractivity contribution >= 4 is 5.97 Å². The highest BCUT2D eigenvalue weighted by Crippen LogP contribution is 2.21. The van der Waals surface area contributed by atoms with Crippen molar-refractivity contribution in [2.75, 3.05) is 20.2 Å². The van der Waals surface area contributed by atoms with E-state index in [0.29, 0.717) is 13.0 Å². The summed E-state index contributed by atoms with van der Waals surface area (Å²) in [5, 5.41) is 3.15. The Balaban J connectivity index is 0.00000400. The summed E-state index contributed by atoms with van der Waals surface area (Å²) in [7, 11) is 1.93. The van der Waals surface area contributed by atoms with Gasteiger partial charge in [0.25, 0.3) is 0 Å². The zero-order chi connectivity index (χ0) is 15.0. The van der Waals surface area contributed by atoms with Gasteiger partial charge in [-0.05, 0) is 31.0 Å². The number of benzene rings is 1. The molecule has 1 aromatic rings. The van der Waals surface area contributed by atoms with Crippen LogP contribution < -0.4 is 5.32 Å². The van der Waals surface area contributed by atoms with Crippen molar-refractivity contribution in [1.29, 1.82) is 0 Å². The van der Waals surface area contributed by atoms with Crippen molar-refractivity contribution in [2.24, 2.45) is 5.41 Å². The van der Waals surface area contributed by atoms with Crippen molar-refractivity contribution in [1.82, 2.24) is 5.32 Å². The lowest BCUT2D eigenvalue weighted by Crippen LogP contribution is -2.27. The Kier molecular flexibility index (Phi) is 8.95. The Morgan fingerprint density at radius 2 is 1.90 bits per heavy atom. The number of rotatable bonds is 8. The first-order valence-electron chi connectivity index (χ1n) is 7.30. The van der Waals surface area contributed by atoms with E-state index in [9.17, 15) is 4.79 Å². The monoisotopic (exact) mass is 293 g/mol. The fourth-order valence-corrected chi connectivity index (χ4v) is 2.18. The quantitative estimate of drug-likeness (QED) is 0.736. The average molecular weight is 293 g/mol. The predicted molar refractivity (Wildman–Crippen MR) is 89.5 cm³/mol. The van der Waals surface area contributed by atoms with E-state index < -0.39 is 0 Å². The first-order chi connectivity index (χ1) is 9.44. The average Bonchev–Trinajstić information content (AvgIpc) is 2.43. The summed E-state index contributed by atoms with van der Waals surface area (Å²) in [6, 6.07) is 10.1. The third-order valence-electron chi connectivity index (χ3n) is 3.52. The molecule has 21 heavy (non-hydrogen) atoms. The number of ether oxygens (including phenoxy) is 1. The van der Waals surface area contributed by atoms with E-state index in [2.05, 4.69) is 38.2 Å². The van der Waals surface area contributed by atoms with Crippen LogP contribution in [-0.2, 0) is 9.53 Å². The molecule has 0 saturated heterocycles. The predicted octanol–water partition coefficient (Wildman–Crippen LogP) is 4.00. The van der Waals surface area contributed by atoms with Crippen LogP contribution in [0.3, 0.4) is 0 Å². The molecule has 0 heterocycles. The number of hydrogen-bond acceptors (Lipinski definition) is 3. The largest absolute Gasteiger partial charge is 0.465 e. The number of esters is 1. The third-order valence-corrected chi connectivity index (χ3v) is 3.52. The molecule has 0 fully saturated rings. The first kappa shape index (κ1) is 19.7. The van der Waals surface area contributed by atoms with E-state index in [-0.39, 0.29) is 24.7 Å². The van der Waals surface area contributed by atoms with E-state index in [1.807, 2.05) is 25.2 Å².